The molecular weight excluding hydrogens is 164 g/mol. The summed E-state index contributed by atoms with van der Waals surface area (Å²) in [5.41, 5.74) is 5.23. The number of nitrogens with two attached hydrogens (primary N) is 1. The number of rotatable bonds is 2. The third-order valence-corrected chi connectivity index (χ3v) is 1.23. The van der Waals surface area contributed by atoms with Crippen LogP contribution in [0.15, 0.2) is 0 Å². The molecule has 6 nitrogen and oxygen atoms in total. The maximum Gasteiger partial charge on any atom is 0.196 e. The van der Waals surface area contributed by atoms with Crippen molar-refractivity contribution in [2.75, 3.05) is 0 Å². The van der Waals surface area contributed by atoms with E-state index in [1.807, 2.05) is 6.92 Å². The van der Waals surface area contributed by atoms with Gasteiger partial charge in [0.2, 0.25) is 0 Å². The molecule has 0 fully saturated rings. The topological polar surface area (TPSA) is 92.5 Å². The van der Waals surface area contributed by atoms with Gasteiger partial charge in [-0.25, -0.2) is 0 Å². The van der Waals surface area contributed by atoms with Gasteiger partial charge in [0.1, 0.15) is 0 Å². The highest BCUT2D eigenvalue weighted by molar-refractivity contribution is 7.80. The summed E-state index contributed by atoms with van der Waals surface area (Å²) < 4.78 is 0. The molecule has 1 heterocycles. The number of nitrogens with zero attached hydrogens (tertiary/aromatic N) is 3. The van der Waals surface area contributed by atoms with E-state index in [0.29, 0.717) is 5.82 Å². The lowest BCUT2D eigenvalue weighted by Crippen LogP contribution is -2.31. The molecule has 0 radical (unpaired) electrons. The van der Waals surface area contributed by atoms with E-state index in [-0.39, 0.29) is 11.2 Å². The molecule has 0 saturated carbocycles. The second-order valence-corrected chi connectivity index (χ2v) is 2.44. The van der Waals surface area contributed by atoms with E-state index in [1.54, 1.807) is 0 Å². The standard InChI is InChI=1S/C4H8N6S/c1-2(6-4(5)11)3-7-9-10-8-3/h2H,1H3,(H3,5,6,11)(H,7,8,9,10). The Bertz CT molecular complexity index is 231. The van der Waals surface area contributed by atoms with Crippen molar-refractivity contribution >= 4 is 17.3 Å². The van der Waals surface area contributed by atoms with Crippen LogP contribution in [0.5, 0.6) is 0 Å². The van der Waals surface area contributed by atoms with Crippen LogP contribution in [0, 0.1) is 0 Å². The smallest absolute Gasteiger partial charge is 0.196 e. The van der Waals surface area contributed by atoms with Crippen LogP contribution in [0.2, 0.25) is 0 Å². The molecule has 0 aliphatic carbocycles. The monoisotopic (exact) mass is 172 g/mol. The van der Waals surface area contributed by atoms with E-state index in [1.165, 1.54) is 0 Å². The molecule has 1 unspecified atom stereocenters. The highest BCUT2D eigenvalue weighted by atomic mass is 32.1. The Kier molecular flexibility index (Phi) is 2.32. The summed E-state index contributed by atoms with van der Waals surface area (Å²) in [5, 5.41) is 16.2. The van der Waals surface area contributed by atoms with Gasteiger partial charge in [-0.15, -0.1) is 10.2 Å². The molecule has 1 aromatic rings. The Balaban J connectivity index is 2.56. The van der Waals surface area contributed by atoms with Crippen molar-refractivity contribution < 1.29 is 0 Å². The maximum atomic E-state index is 5.23. The second kappa shape index (κ2) is 3.24. The van der Waals surface area contributed by atoms with Crippen LogP contribution in [-0.4, -0.2) is 25.7 Å². The van der Waals surface area contributed by atoms with Crippen LogP contribution in [0.4, 0.5) is 0 Å². The SMILES string of the molecule is CC(NC(N)=S)c1nn[nH]n1. The normalized spacial score (nSPS) is 12.5. The van der Waals surface area contributed by atoms with Gasteiger partial charge in [0.25, 0.3) is 0 Å². The van der Waals surface area contributed by atoms with Crippen molar-refractivity contribution in [1.82, 2.24) is 25.9 Å². The highest BCUT2D eigenvalue weighted by Gasteiger charge is 2.08. The van der Waals surface area contributed by atoms with Gasteiger partial charge >= 0.3 is 0 Å². The van der Waals surface area contributed by atoms with E-state index in [4.69, 9.17) is 5.73 Å². The zero-order chi connectivity index (χ0) is 8.27. The second-order valence-electron chi connectivity index (χ2n) is 2.00. The average molecular weight is 172 g/mol. The van der Waals surface area contributed by atoms with Crippen LogP contribution in [-0.2, 0) is 0 Å². The van der Waals surface area contributed by atoms with E-state index in [0.717, 1.165) is 0 Å². The van der Waals surface area contributed by atoms with E-state index in [2.05, 4.69) is 38.2 Å². The van der Waals surface area contributed by atoms with Gasteiger partial charge in [-0.1, -0.05) is 5.21 Å². The lowest BCUT2D eigenvalue weighted by atomic mass is 10.3. The van der Waals surface area contributed by atoms with Gasteiger partial charge in [0.15, 0.2) is 10.9 Å². The Hall–Kier alpha value is -1.24. The van der Waals surface area contributed by atoms with E-state index < -0.39 is 0 Å². The first-order valence-electron chi connectivity index (χ1n) is 2.99. The Morgan fingerprint density at radius 3 is 3.00 bits per heavy atom. The first-order valence-corrected chi connectivity index (χ1v) is 3.40. The summed E-state index contributed by atoms with van der Waals surface area (Å²) in [5.74, 6) is 0.540. The van der Waals surface area contributed by atoms with Gasteiger partial charge in [0.05, 0.1) is 6.04 Å². The number of tetrazole rings is 1. The Morgan fingerprint density at radius 2 is 2.55 bits per heavy atom. The third-order valence-electron chi connectivity index (χ3n) is 1.11. The number of thiocarbonyl (C=S) groups is 1. The molecule has 4 N–H and O–H groups in total. The molecular formula is C4H8N6S. The van der Waals surface area contributed by atoms with E-state index in [9.17, 15) is 0 Å². The van der Waals surface area contributed by atoms with Crippen LogP contribution < -0.4 is 11.1 Å². The predicted molar refractivity (Wildman–Crippen MR) is 42.5 cm³/mol. The molecule has 0 amide bonds. The van der Waals surface area contributed by atoms with Crippen molar-refractivity contribution in [3.63, 3.8) is 0 Å². The summed E-state index contributed by atoms with van der Waals surface area (Å²) in [6.07, 6.45) is 0. The number of aromatic amines is 1. The predicted octanol–water partition coefficient (Wildman–Crippen LogP) is -0.906. The van der Waals surface area contributed by atoms with Gasteiger partial charge in [0, 0.05) is 0 Å². The first kappa shape index (κ1) is 7.86. The molecule has 11 heavy (non-hydrogen) atoms. The molecule has 60 valence electrons. The Morgan fingerprint density at radius 1 is 1.82 bits per heavy atom. The minimum absolute atomic E-state index is 0.105. The van der Waals surface area contributed by atoms with Crippen molar-refractivity contribution in [1.29, 1.82) is 0 Å². The quantitative estimate of drug-likeness (QED) is 0.500. The van der Waals surface area contributed by atoms with Crippen LogP contribution in [0.1, 0.15) is 18.8 Å². The fourth-order valence-electron chi connectivity index (χ4n) is 0.631. The summed E-state index contributed by atoms with van der Waals surface area (Å²) in [6, 6.07) is -0.105. The molecule has 0 aliphatic rings. The summed E-state index contributed by atoms with van der Waals surface area (Å²) in [6.45, 7) is 1.84. The Labute approximate surface area is 68.5 Å². The molecule has 0 bridgehead atoms. The van der Waals surface area contributed by atoms with Crippen molar-refractivity contribution in [3.05, 3.63) is 5.82 Å². The highest BCUT2D eigenvalue weighted by Crippen LogP contribution is 2.01. The minimum Gasteiger partial charge on any atom is -0.376 e. The number of hydrogen-bond acceptors (Lipinski definition) is 4. The summed E-state index contributed by atoms with van der Waals surface area (Å²) >= 11 is 4.63. The molecule has 7 heteroatoms. The maximum absolute atomic E-state index is 5.23. The van der Waals surface area contributed by atoms with Crippen molar-refractivity contribution in [2.45, 2.75) is 13.0 Å². The molecule has 0 aromatic carbocycles. The van der Waals surface area contributed by atoms with E-state index >= 15 is 0 Å². The summed E-state index contributed by atoms with van der Waals surface area (Å²) in [4.78, 5) is 0. The first-order chi connectivity index (χ1) is 5.20. The van der Waals surface area contributed by atoms with Gasteiger partial charge in [-0.05, 0) is 19.1 Å². The van der Waals surface area contributed by atoms with Crippen molar-refractivity contribution in [2.24, 2.45) is 5.73 Å². The number of H-pyrrole nitrogens is 1. The van der Waals surface area contributed by atoms with Gasteiger partial charge < -0.3 is 11.1 Å². The van der Waals surface area contributed by atoms with Gasteiger partial charge in [-0.2, -0.15) is 5.21 Å². The summed E-state index contributed by atoms with van der Waals surface area (Å²) in [7, 11) is 0. The zero-order valence-electron chi connectivity index (χ0n) is 5.90. The third kappa shape index (κ3) is 2.11. The molecule has 0 aliphatic heterocycles. The molecule has 1 aromatic heterocycles. The van der Waals surface area contributed by atoms with Crippen LogP contribution in [0.3, 0.4) is 0 Å². The number of aromatic nitrogens is 4. The number of hydrogen-bond donors (Lipinski definition) is 3. The molecule has 0 saturated heterocycles. The lowest BCUT2D eigenvalue weighted by molar-refractivity contribution is 0.666. The molecule has 1 rings (SSSR count). The van der Waals surface area contributed by atoms with Gasteiger partial charge in [-0.3, -0.25) is 0 Å². The van der Waals surface area contributed by atoms with Crippen LogP contribution >= 0.6 is 12.2 Å². The zero-order valence-corrected chi connectivity index (χ0v) is 6.72. The molecule has 1 atom stereocenters. The molecule has 0 spiro atoms. The van der Waals surface area contributed by atoms with Crippen LogP contribution in [0.25, 0.3) is 0 Å². The lowest BCUT2D eigenvalue weighted by Gasteiger charge is -2.07. The largest absolute Gasteiger partial charge is 0.376 e. The van der Waals surface area contributed by atoms with Crippen molar-refractivity contribution in [3.8, 4) is 0 Å². The number of nitrogens with one attached hydrogen (secondary N) is 2. The minimum atomic E-state index is -0.105. The fraction of sp³-hybridized carbons (Fsp3) is 0.500. The average Bonchev–Trinajstić information content (AvgIpc) is 2.35. The fourth-order valence-corrected chi connectivity index (χ4v) is 0.808.